The lowest BCUT2D eigenvalue weighted by Crippen LogP contribution is -2.48. The second-order valence-corrected chi connectivity index (χ2v) is 9.17. The van der Waals surface area contributed by atoms with Gasteiger partial charge in [0.25, 0.3) is 0 Å². The van der Waals surface area contributed by atoms with E-state index >= 15 is 0 Å². The summed E-state index contributed by atoms with van der Waals surface area (Å²) in [5.74, 6) is -0.157. The van der Waals surface area contributed by atoms with Crippen LogP contribution in [0.4, 0.5) is 0 Å². The second kappa shape index (κ2) is 7.40. The Morgan fingerprint density at radius 2 is 2.04 bits per heavy atom. The van der Waals surface area contributed by atoms with Crippen LogP contribution in [-0.4, -0.2) is 38.4 Å². The number of nitrogens with one attached hydrogen (secondary N) is 1. The SMILES string of the molecule is CCC1(C)C=CC=C(S(=O)(=O)NC(C)C(=O)N(C)C2CCCC2)C1. The van der Waals surface area contributed by atoms with Crippen molar-refractivity contribution >= 4 is 15.9 Å². The molecule has 1 fully saturated rings. The van der Waals surface area contributed by atoms with E-state index in [0.717, 1.165) is 32.1 Å². The van der Waals surface area contributed by atoms with Gasteiger partial charge in [-0.1, -0.05) is 38.8 Å². The van der Waals surface area contributed by atoms with Crippen LogP contribution in [0.2, 0.25) is 0 Å². The van der Waals surface area contributed by atoms with Gasteiger partial charge in [-0.2, -0.15) is 4.72 Å². The van der Waals surface area contributed by atoms with Gasteiger partial charge in [0.1, 0.15) is 0 Å². The van der Waals surface area contributed by atoms with Gasteiger partial charge >= 0.3 is 0 Å². The predicted molar refractivity (Wildman–Crippen MR) is 96.8 cm³/mol. The van der Waals surface area contributed by atoms with E-state index in [1.54, 1.807) is 31.0 Å². The van der Waals surface area contributed by atoms with Crippen LogP contribution in [0.15, 0.2) is 23.1 Å². The molecule has 24 heavy (non-hydrogen) atoms. The standard InChI is InChI=1S/C18H30N2O3S/c1-5-18(3)12-8-11-16(13-18)24(22,23)19-14(2)17(21)20(4)15-9-6-7-10-15/h8,11-12,14-15,19H,5-7,9-10,13H2,1-4H3. The highest BCUT2D eigenvalue weighted by atomic mass is 32.2. The number of hydrogen-bond acceptors (Lipinski definition) is 3. The first-order valence-corrected chi connectivity index (χ1v) is 10.3. The fourth-order valence-electron chi connectivity index (χ4n) is 3.47. The van der Waals surface area contributed by atoms with Crippen molar-refractivity contribution in [1.82, 2.24) is 9.62 Å². The highest BCUT2D eigenvalue weighted by Gasteiger charge is 2.33. The number of amides is 1. The molecule has 5 nitrogen and oxygen atoms in total. The molecule has 1 amide bonds. The van der Waals surface area contributed by atoms with Crippen LogP contribution in [-0.2, 0) is 14.8 Å². The maximum atomic E-state index is 12.7. The Bertz CT molecular complexity index is 633. The van der Waals surface area contributed by atoms with E-state index in [2.05, 4.69) is 24.6 Å². The molecule has 136 valence electrons. The van der Waals surface area contributed by atoms with Crippen molar-refractivity contribution in [2.24, 2.45) is 5.41 Å². The lowest BCUT2D eigenvalue weighted by Gasteiger charge is -2.30. The van der Waals surface area contributed by atoms with Crippen molar-refractivity contribution in [3.05, 3.63) is 23.1 Å². The van der Waals surface area contributed by atoms with E-state index in [9.17, 15) is 13.2 Å². The molecule has 2 aliphatic rings. The Balaban J connectivity index is 2.04. The largest absolute Gasteiger partial charge is 0.341 e. The number of sulfonamides is 1. The molecule has 0 saturated heterocycles. The first-order chi connectivity index (χ1) is 11.2. The average molecular weight is 355 g/mol. The second-order valence-electron chi connectivity index (χ2n) is 7.41. The molecule has 0 heterocycles. The summed E-state index contributed by atoms with van der Waals surface area (Å²) in [5, 5.41) is 0. The maximum absolute atomic E-state index is 12.7. The number of carbonyl (C=O) groups excluding carboxylic acids is 1. The normalized spacial score (nSPS) is 26.2. The summed E-state index contributed by atoms with van der Waals surface area (Å²) in [6, 6.07) is -0.509. The highest BCUT2D eigenvalue weighted by Crippen LogP contribution is 2.36. The zero-order valence-electron chi connectivity index (χ0n) is 15.2. The van der Waals surface area contributed by atoms with Gasteiger partial charge in [-0.25, -0.2) is 8.42 Å². The Labute approximate surface area is 146 Å². The van der Waals surface area contributed by atoms with Crippen molar-refractivity contribution in [2.75, 3.05) is 7.05 Å². The molecule has 0 aromatic rings. The number of likely N-dealkylation sites (N-methyl/N-ethyl adjacent to an activating group) is 1. The molecule has 0 aliphatic heterocycles. The minimum atomic E-state index is -3.65. The maximum Gasteiger partial charge on any atom is 0.240 e. The zero-order valence-corrected chi connectivity index (χ0v) is 16.0. The molecule has 0 aromatic carbocycles. The van der Waals surface area contributed by atoms with Gasteiger partial charge in [0.2, 0.25) is 15.9 Å². The molecular weight excluding hydrogens is 324 g/mol. The number of allylic oxidation sites excluding steroid dienone is 4. The summed E-state index contributed by atoms with van der Waals surface area (Å²) in [6.45, 7) is 5.73. The Hall–Kier alpha value is -1.14. The molecule has 2 atom stereocenters. The fraction of sp³-hybridized carbons (Fsp3) is 0.722. The van der Waals surface area contributed by atoms with Crippen LogP contribution in [0.1, 0.15) is 59.3 Å². The summed E-state index contributed by atoms with van der Waals surface area (Å²) >= 11 is 0. The summed E-state index contributed by atoms with van der Waals surface area (Å²) in [6.07, 6.45) is 11.1. The number of nitrogens with zero attached hydrogens (tertiary/aromatic N) is 1. The van der Waals surface area contributed by atoms with E-state index in [1.165, 1.54) is 0 Å². The third-order valence-corrected chi connectivity index (χ3v) is 7.07. The first kappa shape index (κ1) is 19.2. The smallest absolute Gasteiger partial charge is 0.240 e. The summed E-state index contributed by atoms with van der Waals surface area (Å²) in [7, 11) is -1.88. The van der Waals surface area contributed by atoms with Crippen LogP contribution in [0.5, 0.6) is 0 Å². The molecule has 0 bridgehead atoms. The van der Waals surface area contributed by atoms with E-state index in [4.69, 9.17) is 0 Å². The third kappa shape index (κ3) is 4.28. The molecule has 6 heteroatoms. The van der Waals surface area contributed by atoms with Crippen molar-refractivity contribution in [3.8, 4) is 0 Å². The molecule has 0 spiro atoms. The van der Waals surface area contributed by atoms with Crippen molar-refractivity contribution < 1.29 is 13.2 Å². The van der Waals surface area contributed by atoms with E-state index < -0.39 is 16.1 Å². The highest BCUT2D eigenvalue weighted by molar-refractivity contribution is 7.93. The van der Waals surface area contributed by atoms with E-state index in [-0.39, 0.29) is 17.4 Å². The van der Waals surface area contributed by atoms with Gasteiger partial charge in [0.05, 0.1) is 10.9 Å². The van der Waals surface area contributed by atoms with Crippen LogP contribution < -0.4 is 4.72 Å². The van der Waals surface area contributed by atoms with E-state index in [1.807, 2.05) is 0 Å². The monoisotopic (exact) mass is 354 g/mol. The molecule has 0 aromatic heterocycles. The number of rotatable bonds is 6. The fourth-order valence-corrected chi connectivity index (χ4v) is 4.96. The molecule has 2 aliphatic carbocycles. The Morgan fingerprint density at radius 3 is 2.62 bits per heavy atom. The quantitative estimate of drug-likeness (QED) is 0.797. The van der Waals surface area contributed by atoms with Crippen LogP contribution in [0, 0.1) is 5.41 Å². The Kier molecular flexibility index (Phi) is 5.91. The van der Waals surface area contributed by atoms with Gasteiger partial charge in [-0.3, -0.25) is 4.79 Å². The minimum absolute atomic E-state index is 0.146. The van der Waals surface area contributed by atoms with Crippen molar-refractivity contribution in [2.45, 2.75) is 71.4 Å². The average Bonchev–Trinajstić information content (AvgIpc) is 3.07. The van der Waals surface area contributed by atoms with Gasteiger partial charge < -0.3 is 4.90 Å². The van der Waals surface area contributed by atoms with Crippen LogP contribution in [0.3, 0.4) is 0 Å². The summed E-state index contributed by atoms with van der Waals surface area (Å²) in [4.78, 5) is 14.6. The Morgan fingerprint density at radius 1 is 1.42 bits per heavy atom. The molecule has 0 radical (unpaired) electrons. The van der Waals surface area contributed by atoms with Crippen LogP contribution in [0.25, 0.3) is 0 Å². The van der Waals surface area contributed by atoms with Crippen LogP contribution >= 0.6 is 0 Å². The molecule has 1 saturated carbocycles. The number of hydrogen-bond donors (Lipinski definition) is 1. The molecule has 2 unspecified atom stereocenters. The van der Waals surface area contributed by atoms with Gasteiger partial charge in [0, 0.05) is 13.1 Å². The third-order valence-electron chi connectivity index (χ3n) is 5.43. The molecule has 2 rings (SSSR count). The summed E-state index contributed by atoms with van der Waals surface area (Å²) < 4.78 is 27.9. The minimum Gasteiger partial charge on any atom is -0.341 e. The lowest BCUT2D eigenvalue weighted by molar-refractivity contribution is -0.133. The molecular formula is C18H30N2O3S. The van der Waals surface area contributed by atoms with Gasteiger partial charge in [-0.05, 0) is 44.1 Å². The van der Waals surface area contributed by atoms with Gasteiger partial charge in [0.15, 0.2) is 0 Å². The predicted octanol–water partition coefficient (Wildman–Crippen LogP) is 2.96. The first-order valence-electron chi connectivity index (χ1n) is 8.86. The lowest BCUT2D eigenvalue weighted by atomic mass is 9.81. The summed E-state index contributed by atoms with van der Waals surface area (Å²) in [5.41, 5.74) is -0.146. The topological polar surface area (TPSA) is 66.5 Å². The van der Waals surface area contributed by atoms with Gasteiger partial charge in [-0.15, -0.1) is 0 Å². The van der Waals surface area contributed by atoms with Crippen molar-refractivity contribution in [1.29, 1.82) is 0 Å². The van der Waals surface area contributed by atoms with Crippen molar-refractivity contribution in [3.63, 3.8) is 0 Å². The molecule has 1 N–H and O–H groups in total. The number of carbonyl (C=O) groups is 1. The zero-order chi connectivity index (χ0) is 18.0. The van der Waals surface area contributed by atoms with E-state index in [0.29, 0.717) is 11.3 Å².